The van der Waals surface area contributed by atoms with Crippen molar-refractivity contribution >= 4 is 5.97 Å². The molecular formula is C16H19N3O5. The number of allylic oxidation sites excluding steroid dienone is 3. The maximum Gasteiger partial charge on any atom is 0.337 e. The molecule has 1 unspecified atom stereocenters. The van der Waals surface area contributed by atoms with Crippen LogP contribution in [0.4, 0.5) is 0 Å². The Balaban J connectivity index is 2.47. The molecule has 2 rings (SSSR count). The molecule has 0 aliphatic carbocycles. The minimum absolute atomic E-state index is 0.0670. The van der Waals surface area contributed by atoms with Gasteiger partial charge in [-0.3, -0.25) is 15.1 Å². The second kappa shape index (κ2) is 7.69. The molecule has 0 fully saturated rings. The number of ether oxygens (including phenoxy) is 2. The average Bonchev–Trinajstić information content (AvgIpc) is 2.54. The fourth-order valence-electron chi connectivity index (χ4n) is 2.63. The molecule has 24 heavy (non-hydrogen) atoms. The molecule has 0 amide bonds. The fraction of sp³-hybridized carbons (Fsp3) is 0.375. The first-order chi connectivity index (χ1) is 11.5. The van der Waals surface area contributed by atoms with E-state index in [0.29, 0.717) is 17.1 Å². The summed E-state index contributed by atoms with van der Waals surface area (Å²) in [5.41, 5.74) is 1.38. The zero-order chi connectivity index (χ0) is 17.7. The van der Waals surface area contributed by atoms with E-state index in [9.17, 15) is 14.9 Å². The maximum absolute atomic E-state index is 12.5. The van der Waals surface area contributed by atoms with Crippen LogP contribution in [0.1, 0.15) is 25.5 Å². The lowest BCUT2D eigenvalue weighted by Crippen LogP contribution is -2.32. The van der Waals surface area contributed by atoms with E-state index in [2.05, 4.69) is 10.3 Å². The summed E-state index contributed by atoms with van der Waals surface area (Å²) in [6, 6.07) is 5.09. The zero-order valence-electron chi connectivity index (χ0n) is 13.7. The van der Waals surface area contributed by atoms with Crippen LogP contribution in [-0.4, -0.2) is 36.2 Å². The van der Waals surface area contributed by atoms with Crippen LogP contribution in [0.3, 0.4) is 0 Å². The number of rotatable bonds is 6. The molecule has 0 aromatic carbocycles. The molecule has 1 aliphatic heterocycles. The number of aromatic nitrogens is 1. The molecule has 8 nitrogen and oxygen atoms in total. The number of nitrogens with zero attached hydrogens (tertiary/aromatic N) is 2. The highest BCUT2D eigenvalue weighted by molar-refractivity contribution is 5.92. The van der Waals surface area contributed by atoms with E-state index < -0.39 is 16.8 Å². The van der Waals surface area contributed by atoms with E-state index in [-0.39, 0.29) is 24.5 Å². The van der Waals surface area contributed by atoms with Gasteiger partial charge in [0.25, 0.3) is 5.70 Å². The van der Waals surface area contributed by atoms with Crippen LogP contribution in [0.25, 0.3) is 0 Å². The van der Waals surface area contributed by atoms with Gasteiger partial charge in [-0.25, -0.2) is 4.79 Å². The van der Waals surface area contributed by atoms with Gasteiger partial charge in [-0.05, 0) is 26.0 Å². The van der Waals surface area contributed by atoms with Crippen LogP contribution in [0.15, 0.2) is 47.1 Å². The van der Waals surface area contributed by atoms with Gasteiger partial charge in [-0.2, -0.15) is 0 Å². The van der Waals surface area contributed by atoms with Crippen molar-refractivity contribution in [2.24, 2.45) is 0 Å². The zero-order valence-corrected chi connectivity index (χ0v) is 13.7. The maximum atomic E-state index is 12.5. The largest absolute Gasteiger partial charge is 0.460 e. The average molecular weight is 333 g/mol. The van der Waals surface area contributed by atoms with Crippen molar-refractivity contribution in [1.82, 2.24) is 10.3 Å². The molecule has 0 bridgehead atoms. The second-order valence-corrected chi connectivity index (χ2v) is 5.25. The molecule has 1 aliphatic rings. The van der Waals surface area contributed by atoms with Crippen LogP contribution in [0.5, 0.6) is 0 Å². The van der Waals surface area contributed by atoms with Crippen molar-refractivity contribution in [3.05, 3.63) is 62.9 Å². The molecule has 128 valence electrons. The standard InChI is InChI=1S/C16H19N3O5/c1-10-13(16(20)24-9-8-23-3)14(12-6-4-5-7-17-12)15(19(21)22)11(2)18-10/h4-7,14,18H,8-9H2,1-3H3. The Morgan fingerprint density at radius 2 is 2.08 bits per heavy atom. The first-order valence-corrected chi connectivity index (χ1v) is 7.37. The predicted octanol–water partition coefficient (Wildman–Crippen LogP) is 1.74. The van der Waals surface area contributed by atoms with Crippen molar-refractivity contribution in [3.8, 4) is 0 Å². The number of hydrogen-bond acceptors (Lipinski definition) is 7. The van der Waals surface area contributed by atoms with Crippen LogP contribution in [-0.2, 0) is 14.3 Å². The van der Waals surface area contributed by atoms with Gasteiger partial charge >= 0.3 is 5.97 Å². The van der Waals surface area contributed by atoms with Crippen molar-refractivity contribution in [3.63, 3.8) is 0 Å². The third-order valence-electron chi connectivity index (χ3n) is 3.65. The van der Waals surface area contributed by atoms with E-state index in [1.54, 1.807) is 32.0 Å². The molecule has 2 heterocycles. The summed E-state index contributed by atoms with van der Waals surface area (Å²) in [5.74, 6) is -1.52. The van der Waals surface area contributed by atoms with Crippen molar-refractivity contribution < 1.29 is 19.2 Å². The topological polar surface area (TPSA) is 104 Å². The van der Waals surface area contributed by atoms with Gasteiger partial charge in [0, 0.05) is 19.0 Å². The lowest BCUT2D eigenvalue weighted by Gasteiger charge is -2.25. The predicted molar refractivity (Wildman–Crippen MR) is 85.3 cm³/mol. The van der Waals surface area contributed by atoms with E-state index >= 15 is 0 Å². The molecule has 0 radical (unpaired) electrons. The summed E-state index contributed by atoms with van der Waals surface area (Å²) in [6.45, 7) is 3.60. The lowest BCUT2D eigenvalue weighted by atomic mass is 9.87. The third kappa shape index (κ3) is 3.60. The molecular weight excluding hydrogens is 314 g/mol. The smallest absolute Gasteiger partial charge is 0.337 e. The quantitative estimate of drug-likeness (QED) is 0.366. The van der Waals surface area contributed by atoms with Crippen LogP contribution in [0.2, 0.25) is 0 Å². The molecule has 1 aromatic rings. The Morgan fingerprint density at radius 1 is 1.33 bits per heavy atom. The van der Waals surface area contributed by atoms with Crippen molar-refractivity contribution in [1.29, 1.82) is 0 Å². The Morgan fingerprint density at radius 3 is 2.67 bits per heavy atom. The molecule has 0 saturated carbocycles. The number of esters is 1. The number of carbonyl (C=O) groups is 1. The summed E-state index contributed by atoms with van der Waals surface area (Å²) in [7, 11) is 1.49. The molecule has 1 atom stereocenters. The first kappa shape index (κ1) is 17.6. The Bertz CT molecular complexity index is 697. The highest BCUT2D eigenvalue weighted by atomic mass is 16.6. The van der Waals surface area contributed by atoms with Crippen LogP contribution < -0.4 is 5.32 Å². The minimum atomic E-state index is -0.891. The van der Waals surface area contributed by atoms with Crippen molar-refractivity contribution in [2.75, 3.05) is 20.3 Å². The highest BCUT2D eigenvalue weighted by Gasteiger charge is 2.41. The first-order valence-electron chi connectivity index (χ1n) is 7.37. The molecule has 0 saturated heterocycles. The summed E-state index contributed by atoms with van der Waals surface area (Å²) < 4.78 is 10.0. The number of dihydropyridines is 1. The number of nitrogens with one attached hydrogen (secondary N) is 1. The lowest BCUT2D eigenvalue weighted by molar-refractivity contribution is -0.431. The number of nitro groups is 1. The van der Waals surface area contributed by atoms with Gasteiger partial charge in [0.15, 0.2) is 0 Å². The van der Waals surface area contributed by atoms with Gasteiger partial charge in [-0.1, -0.05) is 6.07 Å². The number of pyridine rings is 1. The number of hydrogen-bond donors (Lipinski definition) is 1. The number of carbonyl (C=O) groups excluding carboxylic acids is 1. The summed E-state index contributed by atoms with van der Waals surface area (Å²) in [5, 5.41) is 14.5. The summed E-state index contributed by atoms with van der Waals surface area (Å²) >= 11 is 0. The monoisotopic (exact) mass is 333 g/mol. The van der Waals surface area contributed by atoms with Gasteiger partial charge < -0.3 is 14.8 Å². The number of methoxy groups -OCH3 is 1. The third-order valence-corrected chi connectivity index (χ3v) is 3.65. The fourth-order valence-corrected chi connectivity index (χ4v) is 2.63. The van der Waals surface area contributed by atoms with Crippen LogP contribution >= 0.6 is 0 Å². The molecule has 0 spiro atoms. The molecule has 1 N–H and O–H groups in total. The van der Waals surface area contributed by atoms with E-state index in [0.717, 1.165) is 0 Å². The minimum Gasteiger partial charge on any atom is -0.460 e. The summed E-state index contributed by atoms with van der Waals surface area (Å²) in [4.78, 5) is 27.8. The SMILES string of the molecule is COCCOC(=O)C1=C(C)NC(C)=C([N+](=O)[O-])C1c1ccccn1. The normalized spacial score (nSPS) is 17.5. The van der Waals surface area contributed by atoms with Gasteiger partial charge in [0.1, 0.15) is 12.5 Å². The van der Waals surface area contributed by atoms with Gasteiger partial charge in [0.2, 0.25) is 0 Å². The Kier molecular flexibility index (Phi) is 5.64. The highest BCUT2D eigenvalue weighted by Crippen LogP contribution is 2.37. The second-order valence-electron chi connectivity index (χ2n) is 5.25. The van der Waals surface area contributed by atoms with E-state index in [1.165, 1.54) is 13.3 Å². The summed E-state index contributed by atoms with van der Waals surface area (Å²) in [6.07, 6.45) is 1.54. The Labute approximate surface area is 139 Å². The van der Waals surface area contributed by atoms with Crippen molar-refractivity contribution in [2.45, 2.75) is 19.8 Å². The molecule has 1 aromatic heterocycles. The molecule has 8 heteroatoms. The van der Waals surface area contributed by atoms with Gasteiger partial charge in [0.05, 0.1) is 28.5 Å². The van der Waals surface area contributed by atoms with Crippen LogP contribution in [0, 0.1) is 10.1 Å². The Hall–Kier alpha value is -2.74. The van der Waals surface area contributed by atoms with E-state index in [4.69, 9.17) is 9.47 Å². The van der Waals surface area contributed by atoms with E-state index in [1.807, 2.05) is 0 Å². The van der Waals surface area contributed by atoms with Gasteiger partial charge in [-0.15, -0.1) is 0 Å².